The maximum Gasteiger partial charge on any atom is 0.110 e. The summed E-state index contributed by atoms with van der Waals surface area (Å²) in [6, 6.07) is 0.210. The lowest BCUT2D eigenvalue weighted by atomic mass is 10.3. The quantitative estimate of drug-likeness (QED) is 0.799. The maximum atomic E-state index is 8.76. The molecular weight excluding hydrogens is 262 g/mol. The van der Waals surface area contributed by atoms with Crippen molar-refractivity contribution in [3.8, 4) is 0 Å². The summed E-state index contributed by atoms with van der Waals surface area (Å²) in [5.74, 6) is 0. The van der Waals surface area contributed by atoms with E-state index in [1.54, 1.807) is 16.0 Å². The minimum Gasteiger partial charge on any atom is -0.396 e. The Kier molecular flexibility index (Phi) is 5.00. The van der Waals surface area contributed by atoms with Crippen LogP contribution in [-0.2, 0) is 13.1 Å². The van der Waals surface area contributed by atoms with Crippen LogP contribution < -0.4 is 5.32 Å². The first-order chi connectivity index (χ1) is 9.19. The van der Waals surface area contributed by atoms with Crippen molar-refractivity contribution in [2.75, 3.05) is 6.61 Å². The van der Waals surface area contributed by atoms with Crippen molar-refractivity contribution < 1.29 is 5.11 Å². The molecule has 0 aliphatic heterocycles. The normalized spacial score (nSPS) is 12.8. The lowest BCUT2D eigenvalue weighted by Gasteiger charge is -2.08. The maximum absolute atomic E-state index is 8.76. The highest BCUT2D eigenvalue weighted by Crippen LogP contribution is 2.17. The molecule has 1 unspecified atom stereocenters. The van der Waals surface area contributed by atoms with E-state index in [0.717, 1.165) is 16.4 Å². The SMILES string of the molecule is Cc1csc(C(C)NCc2cn(CCCO)nn2)n1. The van der Waals surface area contributed by atoms with E-state index >= 15 is 0 Å². The molecule has 0 fully saturated rings. The number of aliphatic hydroxyl groups is 1. The molecule has 2 rings (SSSR count). The molecule has 7 heteroatoms. The molecular formula is C12H19N5OS. The predicted molar refractivity (Wildman–Crippen MR) is 73.8 cm³/mol. The summed E-state index contributed by atoms with van der Waals surface area (Å²) in [4.78, 5) is 4.46. The van der Waals surface area contributed by atoms with Crippen molar-refractivity contribution in [1.82, 2.24) is 25.3 Å². The van der Waals surface area contributed by atoms with Gasteiger partial charge in [0.2, 0.25) is 0 Å². The van der Waals surface area contributed by atoms with Gasteiger partial charge in [-0.15, -0.1) is 16.4 Å². The number of nitrogens with zero attached hydrogens (tertiary/aromatic N) is 4. The molecule has 0 saturated heterocycles. The smallest absolute Gasteiger partial charge is 0.110 e. The van der Waals surface area contributed by atoms with Crippen LogP contribution in [-0.4, -0.2) is 31.7 Å². The lowest BCUT2D eigenvalue weighted by molar-refractivity contribution is 0.276. The van der Waals surface area contributed by atoms with Crippen molar-refractivity contribution in [1.29, 1.82) is 0 Å². The van der Waals surface area contributed by atoms with Crippen molar-refractivity contribution in [3.05, 3.63) is 28.0 Å². The zero-order valence-electron chi connectivity index (χ0n) is 11.2. The fraction of sp³-hybridized carbons (Fsp3) is 0.583. The number of aryl methyl sites for hydroxylation is 2. The first kappa shape index (κ1) is 14.1. The fourth-order valence-electron chi connectivity index (χ4n) is 1.68. The standard InChI is InChI=1S/C12H19N5OS/c1-9-8-19-12(14-9)10(2)13-6-11-7-17(16-15-11)4-3-5-18/h7-8,10,13,18H,3-6H2,1-2H3. The average Bonchev–Trinajstić information content (AvgIpc) is 3.02. The molecule has 2 aromatic rings. The lowest BCUT2D eigenvalue weighted by Crippen LogP contribution is -2.18. The summed E-state index contributed by atoms with van der Waals surface area (Å²) in [6.45, 7) is 5.63. The third-order valence-corrected chi connectivity index (χ3v) is 3.87. The Labute approximate surface area is 116 Å². The number of aromatic nitrogens is 4. The number of nitrogens with one attached hydrogen (secondary N) is 1. The molecule has 2 heterocycles. The van der Waals surface area contributed by atoms with E-state index in [1.807, 2.05) is 13.1 Å². The van der Waals surface area contributed by atoms with Gasteiger partial charge < -0.3 is 10.4 Å². The van der Waals surface area contributed by atoms with Crippen molar-refractivity contribution in [3.63, 3.8) is 0 Å². The number of hydrogen-bond donors (Lipinski definition) is 2. The number of thiazole rings is 1. The first-order valence-electron chi connectivity index (χ1n) is 6.34. The Morgan fingerprint density at radius 1 is 1.53 bits per heavy atom. The van der Waals surface area contributed by atoms with Gasteiger partial charge >= 0.3 is 0 Å². The second kappa shape index (κ2) is 6.74. The summed E-state index contributed by atoms with van der Waals surface area (Å²) >= 11 is 1.67. The van der Waals surface area contributed by atoms with Crippen LogP contribution in [0.1, 0.15) is 35.8 Å². The molecule has 0 aliphatic rings. The van der Waals surface area contributed by atoms with E-state index in [2.05, 4.69) is 32.9 Å². The number of hydrogen-bond acceptors (Lipinski definition) is 6. The summed E-state index contributed by atoms with van der Waals surface area (Å²) in [5.41, 5.74) is 1.96. The topological polar surface area (TPSA) is 75.9 Å². The van der Waals surface area contributed by atoms with Crippen LogP contribution in [0.25, 0.3) is 0 Å². The minimum absolute atomic E-state index is 0.174. The van der Waals surface area contributed by atoms with Gasteiger partial charge in [0.05, 0.1) is 11.7 Å². The molecule has 2 aromatic heterocycles. The molecule has 0 aliphatic carbocycles. The van der Waals surface area contributed by atoms with Crippen LogP contribution in [0, 0.1) is 6.92 Å². The molecule has 0 spiro atoms. The number of aliphatic hydroxyl groups excluding tert-OH is 1. The zero-order chi connectivity index (χ0) is 13.7. The number of rotatable bonds is 7. The molecule has 2 N–H and O–H groups in total. The average molecular weight is 281 g/mol. The highest BCUT2D eigenvalue weighted by atomic mass is 32.1. The summed E-state index contributed by atoms with van der Waals surface area (Å²) in [7, 11) is 0. The molecule has 0 aromatic carbocycles. The van der Waals surface area contributed by atoms with Gasteiger partial charge in [-0.05, 0) is 20.3 Å². The Bertz CT molecular complexity index is 510. The predicted octanol–water partition coefficient (Wildman–Crippen LogP) is 1.28. The Hall–Kier alpha value is -1.31. The van der Waals surface area contributed by atoms with Crippen molar-refractivity contribution in [2.24, 2.45) is 0 Å². The van der Waals surface area contributed by atoms with Crippen LogP contribution in [0.5, 0.6) is 0 Å². The van der Waals surface area contributed by atoms with Gasteiger partial charge in [-0.1, -0.05) is 5.21 Å². The Morgan fingerprint density at radius 3 is 3.05 bits per heavy atom. The molecule has 0 saturated carbocycles. The monoisotopic (exact) mass is 281 g/mol. The summed E-state index contributed by atoms with van der Waals surface area (Å²) < 4.78 is 1.76. The first-order valence-corrected chi connectivity index (χ1v) is 7.22. The minimum atomic E-state index is 0.174. The van der Waals surface area contributed by atoms with Gasteiger partial charge in [0.1, 0.15) is 5.01 Å². The van der Waals surface area contributed by atoms with Gasteiger partial charge in [-0.2, -0.15) is 0 Å². The van der Waals surface area contributed by atoms with Gasteiger partial charge in [0.15, 0.2) is 0 Å². The summed E-state index contributed by atoms with van der Waals surface area (Å²) in [5, 5.41) is 23.4. The van der Waals surface area contributed by atoms with Crippen LogP contribution in [0.3, 0.4) is 0 Å². The van der Waals surface area contributed by atoms with Crippen LogP contribution >= 0.6 is 11.3 Å². The third-order valence-electron chi connectivity index (χ3n) is 2.73. The van der Waals surface area contributed by atoms with Gasteiger partial charge in [0, 0.05) is 37.0 Å². The second-order valence-corrected chi connectivity index (χ2v) is 5.37. The Balaban J connectivity index is 1.83. The van der Waals surface area contributed by atoms with Crippen LogP contribution in [0.2, 0.25) is 0 Å². The summed E-state index contributed by atoms with van der Waals surface area (Å²) in [6.07, 6.45) is 2.60. The third kappa shape index (κ3) is 4.09. The van der Waals surface area contributed by atoms with Crippen molar-refractivity contribution in [2.45, 2.75) is 39.4 Å². The molecule has 104 valence electrons. The van der Waals surface area contributed by atoms with E-state index in [-0.39, 0.29) is 12.6 Å². The van der Waals surface area contributed by atoms with E-state index in [0.29, 0.717) is 19.5 Å². The van der Waals surface area contributed by atoms with Gasteiger partial charge in [0.25, 0.3) is 0 Å². The van der Waals surface area contributed by atoms with E-state index in [9.17, 15) is 0 Å². The molecule has 0 bridgehead atoms. The van der Waals surface area contributed by atoms with E-state index < -0.39 is 0 Å². The van der Waals surface area contributed by atoms with Gasteiger partial charge in [-0.3, -0.25) is 4.68 Å². The molecule has 0 radical (unpaired) electrons. The molecule has 19 heavy (non-hydrogen) atoms. The largest absolute Gasteiger partial charge is 0.396 e. The van der Waals surface area contributed by atoms with Gasteiger partial charge in [-0.25, -0.2) is 4.98 Å². The molecule has 0 amide bonds. The highest BCUT2D eigenvalue weighted by molar-refractivity contribution is 7.09. The zero-order valence-corrected chi connectivity index (χ0v) is 12.0. The van der Waals surface area contributed by atoms with Crippen molar-refractivity contribution >= 4 is 11.3 Å². The fourth-order valence-corrected chi connectivity index (χ4v) is 2.51. The van der Waals surface area contributed by atoms with Crippen LogP contribution in [0.4, 0.5) is 0 Å². The van der Waals surface area contributed by atoms with E-state index in [4.69, 9.17) is 5.11 Å². The molecule has 6 nitrogen and oxygen atoms in total. The second-order valence-electron chi connectivity index (χ2n) is 4.48. The molecule has 1 atom stereocenters. The highest BCUT2D eigenvalue weighted by Gasteiger charge is 2.09. The Morgan fingerprint density at radius 2 is 2.37 bits per heavy atom. The van der Waals surface area contributed by atoms with E-state index in [1.165, 1.54) is 0 Å². The van der Waals surface area contributed by atoms with Crippen LogP contribution in [0.15, 0.2) is 11.6 Å².